The zero-order valence-electron chi connectivity index (χ0n) is 11.8. The lowest BCUT2D eigenvalue weighted by atomic mass is 10.2. The molecule has 9 heteroatoms. The van der Waals surface area contributed by atoms with Crippen molar-refractivity contribution < 1.29 is 17.9 Å². The van der Waals surface area contributed by atoms with E-state index < -0.39 is 15.9 Å². The molecular formula is C12H17N3O4S2. The van der Waals surface area contributed by atoms with E-state index in [0.29, 0.717) is 17.4 Å². The van der Waals surface area contributed by atoms with Crippen LogP contribution < -0.4 is 9.46 Å². The van der Waals surface area contributed by atoms with Crippen molar-refractivity contribution in [3.8, 4) is 5.75 Å². The second-order valence-electron chi connectivity index (χ2n) is 4.70. The number of rotatable bonds is 7. The summed E-state index contributed by atoms with van der Waals surface area (Å²) < 4.78 is 30.6. The molecule has 1 saturated carbocycles. The zero-order valence-corrected chi connectivity index (χ0v) is 13.5. The van der Waals surface area contributed by atoms with Crippen LogP contribution in [0.1, 0.15) is 34.9 Å². The lowest BCUT2D eigenvalue weighted by molar-refractivity contribution is 0.0975. The van der Waals surface area contributed by atoms with Gasteiger partial charge in [0.1, 0.15) is 11.4 Å². The Hall–Kier alpha value is -1.35. The third-order valence-corrected chi connectivity index (χ3v) is 5.12. The molecule has 116 valence electrons. The Bertz CT molecular complexity index is 629. The number of methoxy groups -OCH3 is 1. The Morgan fingerprint density at radius 3 is 2.76 bits per heavy atom. The van der Waals surface area contributed by atoms with E-state index in [9.17, 15) is 13.2 Å². The van der Waals surface area contributed by atoms with Crippen LogP contribution in [-0.4, -0.2) is 49.4 Å². The molecule has 1 aromatic rings. The number of aromatic nitrogens is 2. The summed E-state index contributed by atoms with van der Waals surface area (Å²) in [6.07, 6.45) is 3.85. The van der Waals surface area contributed by atoms with Crippen molar-refractivity contribution in [1.82, 2.24) is 14.9 Å². The fourth-order valence-electron chi connectivity index (χ4n) is 1.74. The molecule has 0 bridgehead atoms. The molecule has 0 aromatic carbocycles. The molecule has 1 aliphatic rings. The average molecular weight is 331 g/mol. The first-order valence-electron chi connectivity index (χ1n) is 6.42. The molecule has 0 atom stereocenters. The first-order valence-corrected chi connectivity index (χ1v) is 9.47. The molecule has 0 spiro atoms. The minimum atomic E-state index is -3.65. The van der Waals surface area contributed by atoms with Gasteiger partial charge in [-0.1, -0.05) is 0 Å². The average Bonchev–Trinajstić information content (AvgIpc) is 3.28. The smallest absolute Gasteiger partial charge is 0.285 e. The first-order chi connectivity index (χ1) is 9.96. The normalized spacial score (nSPS) is 14.8. The van der Waals surface area contributed by atoms with Crippen LogP contribution >= 0.6 is 11.8 Å². The fraction of sp³-hybridized carbons (Fsp3) is 0.583. The van der Waals surface area contributed by atoms with E-state index in [1.54, 1.807) is 6.26 Å². The maximum Gasteiger partial charge on any atom is 0.285 e. The second-order valence-corrected chi connectivity index (χ2v) is 7.53. The summed E-state index contributed by atoms with van der Waals surface area (Å²) in [5.74, 6) is 0.307. The van der Waals surface area contributed by atoms with Gasteiger partial charge < -0.3 is 4.74 Å². The number of amides is 1. The number of carbonyl (C=O) groups is 1. The van der Waals surface area contributed by atoms with Gasteiger partial charge in [-0.3, -0.25) is 4.79 Å². The summed E-state index contributed by atoms with van der Waals surface area (Å²) in [5.41, 5.74) is 0.656. The van der Waals surface area contributed by atoms with Gasteiger partial charge in [0.2, 0.25) is 10.0 Å². The highest BCUT2D eigenvalue weighted by molar-refractivity contribution is 7.99. The maximum atomic E-state index is 11.9. The van der Waals surface area contributed by atoms with Crippen molar-refractivity contribution in [1.29, 1.82) is 0 Å². The number of sulfonamides is 1. The summed E-state index contributed by atoms with van der Waals surface area (Å²) in [4.78, 5) is 11.9. The van der Waals surface area contributed by atoms with Gasteiger partial charge in [0, 0.05) is 17.7 Å². The third-order valence-electron chi connectivity index (χ3n) is 3.01. The van der Waals surface area contributed by atoms with Gasteiger partial charge >= 0.3 is 0 Å². The van der Waals surface area contributed by atoms with Gasteiger partial charge in [-0.05, 0) is 19.1 Å². The lowest BCUT2D eigenvalue weighted by Gasteiger charge is -2.08. The van der Waals surface area contributed by atoms with Crippen LogP contribution in [0.15, 0.2) is 6.07 Å². The first kappa shape index (κ1) is 16.0. The largest absolute Gasteiger partial charge is 0.495 e. The van der Waals surface area contributed by atoms with Crippen LogP contribution in [-0.2, 0) is 10.0 Å². The predicted octanol–water partition coefficient (Wildman–Crippen LogP) is 0.785. The minimum absolute atomic E-state index is 0.0658. The second kappa shape index (κ2) is 6.61. The van der Waals surface area contributed by atoms with Crippen molar-refractivity contribution in [3.05, 3.63) is 17.5 Å². The number of hydrogen-bond donors (Lipinski definition) is 1. The molecule has 1 heterocycles. The molecule has 1 aliphatic carbocycles. The molecule has 0 aliphatic heterocycles. The van der Waals surface area contributed by atoms with Crippen LogP contribution in [0.4, 0.5) is 0 Å². The van der Waals surface area contributed by atoms with Crippen molar-refractivity contribution in [2.45, 2.75) is 18.8 Å². The molecular weight excluding hydrogens is 314 g/mol. The minimum Gasteiger partial charge on any atom is -0.495 e. The molecule has 0 saturated heterocycles. The van der Waals surface area contributed by atoms with E-state index >= 15 is 0 Å². The highest BCUT2D eigenvalue weighted by Gasteiger charge is 2.30. The highest BCUT2D eigenvalue weighted by atomic mass is 32.2. The van der Waals surface area contributed by atoms with E-state index in [1.807, 2.05) is 4.72 Å². The Morgan fingerprint density at radius 1 is 1.48 bits per heavy atom. The molecule has 0 radical (unpaired) electrons. The van der Waals surface area contributed by atoms with Gasteiger partial charge in [0.15, 0.2) is 5.69 Å². The number of nitrogens with zero attached hydrogens (tertiary/aromatic N) is 2. The number of hydrogen-bond acceptors (Lipinski definition) is 7. The predicted molar refractivity (Wildman–Crippen MR) is 80.2 cm³/mol. The van der Waals surface area contributed by atoms with Crippen LogP contribution in [0.3, 0.4) is 0 Å². The maximum absolute atomic E-state index is 11.9. The highest BCUT2D eigenvalue weighted by Crippen LogP contribution is 2.42. The van der Waals surface area contributed by atoms with Crippen molar-refractivity contribution in [3.63, 3.8) is 0 Å². The summed E-state index contributed by atoms with van der Waals surface area (Å²) in [7, 11) is -2.17. The zero-order chi connectivity index (χ0) is 15.5. The quantitative estimate of drug-likeness (QED) is 0.788. The van der Waals surface area contributed by atoms with Crippen molar-refractivity contribution in [2.75, 3.05) is 24.9 Å². The SMILES string of the molecule is COc1cc(C(=O)NS(=O)(=O)CCSC)nnc1C1CC1. The molecule has 21 heavy (non-hydrogen) atoms. The van der Waals surface area contributed by atoms with Crippen LogP contribution in [0, 0.1) is 0 Å². The summed E-state index contributed by atoms with van der Waals surface area (Å²) >= 11 is 1.39. The summed E-state index contributed by atoms with van der Waals surface area (Å²) in [6, 6.07) is 1.43. The molecule has 1 N–H and O–H groups in total. The number of carbonyl (C=O) groups excluding carboxylic acids is 1. The third kappa shape index (κ3) is 4.31. The number of ether oxygens (including phenoxy) is 1. The van der Waals surface area contributed by atoms with E-state index in [2.05, 4.69) is 10.2 Å². The molecule has 7 nitrogen and oxygen atoms in total. The Balaban J connectivity index is 2.12. The van der Waals surface area contributed by atoms with Crippen LogP contribution in [0.25, 0.3) is 0 Å². The lowest BCUT2D eigenvalue weighted by Crippen LogP contribution is -2.34. The van der Waals surface area contributed by atoms with E-state index in [4.69, 9.17) is 4.74 Å². The van der Waals surface area contributed by atoms with Gasteiger partial charge in [0.25, 0.3) is 5.91 Å². The molecule has 2 rings (SSSR count). The van der Waals surface area contributed by atoms with Crippen LogP contribution in [0.5, 0.6) is 5.75 Å². The summed E-state index contributed by atoms with van der Waals surface area (Å²) in [5, 5.41) is 7.79. The molecule has 1 amide bonds. The topological polar surface area (TPSA) is 98.2 Å². The van der Waals surface area contributed by atoms with Crippen molar-refractivity contribution in [2.24, 2.45) is 0 Å². The van der Waals surface area contributed by atoms with Gasteiger partial charge in [-0.15, -0.1) is 5.10 Å². The number of thioether (sulfide) groups is 1. The molecule has 0 unspecified atom stereocenters. The van der Waals surface area contributed by atoms with Gasteiger partial charge in [0.05, 0.1) is 12.9 Å². The standard InChI is InChI=1S/C12H17N3O4S2/c1-19-10-7-9(13-14-11(10)8-3-4-8)12(16)15-21(17,18)6-5-20-2/h7-8H,3-6H2,1-2H3,(H,15,16). The summed E-state index contributed by atoms with van der Waals surface area (Å²) in [6.45, 7) is 0. The molecule has 1 aromatic heterocycles. The Morgan fingerprint density at radius 2 is 2.19 bits per heavy atom. The van der Waals surface area contributed by atoms with E-state index in [1.165, 1.54) is 24.9 Å². The Kier molecular flexibility index (Phi) is 5.04. The molecule has 1 fully saturated rings. The van der Waals surface area contributed by atoms with E-state index in [-0.39, 0.29) is 11.4 Å². The fourth-order valence-corrected chi connectivity index (χ4v) is 3.77. The van der Waals surface area contributed by atoms with E-state index in [0.717, 1.165) is 18.5 Å². The number of nitrogens with one attached hydrogen (secondary N) is 1. The van der Waals surface area contributed by atoms with Crippen LogP contribution in [0.2, 0.25) is 0 Å². The van der Waals surface area contributed by atoms with Gasteiger partial charge in [-0.25, -0.2) is 13.1 Å². The van der Waals surface area contributed by atoms with Crippen molar-refractivity contribution >= 4 is 27.7 Å². The monoisotopic (exact) mass is 331 g/mol. The Labute approximate surface area is 127 Å². The van der Waals surface area contributed by atoms with Gasteiger partial charge in [-0.2, -0.15) is 16.9 Å².